The lowest BCUT2D eigenvalue weighted by Gasteiger charge is -2.02. The van der Waals surface area contributed by atoms with Gasteiger partial charge in [-0.1, -0.05) is 6.92 Å². The topological polar surface area (TPSA) is 17.8 Å². The fourth-order valence-corrected chi connectivity index (χ4v) is 3.00. The molecule has 19 heavy (non-hydrogen) atoms. The average Bonchev–Trinajstić information content (AvgIpc) is 2.99. The summed E-state index contributed by atoms with van der Waals surface area (Å²) < 4.78 is 28.2. The number of hydrogen-bond acceptors (Lipinski definition) is 2. The molecule has 0 bridgehead atoms. The van der Waals surface area contributed by atoms with Gasteiger partial charge in [-0.3, -0.25) is 0 Å². The lowest BCUT2D eigenvalue weighted by molar-refractivity contribution is 0.510. The van der Waals surface area contributed by atoms with Gasteiger partial charge in [0, 0.05) is 21.9 Å². The third-order valence-electron chi connectivity index (χ3n) is 3.06. The maximum atomic E-state index is 13.3. The molecule has 1 aromatic carbocycles. The average molecular weight is 278 g/mol. The number of aryl methyl sites for hydroxylation is 1. The van der Waals surface area contributed by atoms with Crippen molar-refractivity contribution in [3.8, 4) is 0 Å². The number of hydrogen-bond donors (Lipinski definition) is 0. The van der Waals surface area contributed by atoms with Crippen LogP contribution in [0.15, 0.2) is 30.6 Å². The van der Waals surface area contributed by atoms with E-state index >= 15 is 0 Å². The van der Waals surface area contributed by atoms with Crippen LogP contribution >= 0.6 is 11.3 Å². The molecule has 98 valence electrons. The molecule has 0 radical (unpaired) electrons. The van der Waals surface area contributed by atoms with Gasteiger partial charge in [0.2, 0.25) is 0 Å². The largest absolute Gasteiger partial charge is 0.325 e. The minimum absolute atomic E-state index is 0.478. The molecule has 0 spiro atoms. The van der Waals surface area contributed by atoms with E-state index in [2.05, 4.69) is 24.0 Å². The van der Waals surface area contributed by atoms with Gasteiger partial charge in [-0.2, -0.15) is 0 Å². The van der Waals surface area contributed by atoms with Crippen LogP contribution in [-0.2, 0) is 13.0 Å². The zero-order chi connectivity index (χ0) is 13.4. The first kappa shape index (κ1) is 12.3. The van der Waals surface area contributed by atoms with E-state index in [0.29, 0.717) is 17.6 Å². The first-order chi connectivity index (χ1) is 9.17. The Hall–Kier alpha value is -1.75. The molecule has 3 rings (SSSR count). The Bertz CT molecular complexity index is 730. The van der Waals surface area contributed by atoms with Crippen LogP contribution in [0.1, 0.15) is 16.7 Å². The summed E-state index contributed by atoms with van der Waals surface area (Å²) in [5.41, 5.74) is 1.09. The third-order valence-corrected chi connectivity index (χ3v) is 4.27. The second-order valence-electron chi connectivity index (χ2n) is 4.35. The highest BCUT2D eigenvalue weighted by Crippen LogP contribution is 2.22. The molecule has 2 heterocycles. The van der Waals surface area contributed by atoms with Gasteiger partial charge in [-0.15, -0.1) is 11.3 Å². The normalized spacial score (nSPS) is 11.3. The standard InChI is InChI=1S/C14H12F2N2S/c1-2-9-3-4-10(19-9)7-18-8-17-13-5-11(15)12(16)6-14(13)18/h3-6,8H,2,7H2,1H3. The summed E-state index contributed by atoms with van der Waals surface area (Å²) in [6.45, 7) is 2.74. The van der Waals surface area contributed by atoms with E-state index in [1.807, 2.05) is 4.57 Å². The second kappa shape index (κ2) is 4.74. The predicted octanol–water partition coefficient (Wildman–Crippen LogP) is 3.99. The van der Waals surface area contributed by atoms with E-state index in [0.717, 1.165) is 12.5 Å². The fourth-order valence-electron chi connectivity index (χ4n) is 2.04. The first-order valence-corrected chi connectivity index (χ1v) is 6.86. The summed E-state index contributed by atoms with van der Waals surface area (Å²) in [4.78, 5) is 6.60. The number of benzene rings is 1. The maximum Gasteiger partial charge on any atom is 0.161 e. The predicted molar refractivity (Wildman–Crippen MR) is 72.4 cm³/mol. The van der Waals surface area contributed by atoms with Crippen molar-refractivity contribution in [3.05, 3.63) is 52.0 Å². The Kier molecular flexibility index (Phi) is 3.06. The molecule has 0 saturated heterocycles. The second-order valence-corrected chi connectivity index (χ2v) is 5.60. The van der Waals surface area contributed by atoms with Crippen molar-refractivity contribution >= 4 is 22.4 Å². The third kappa shape index (κ3) is 2.26. The van der Waals surface area contributed by atoms with Gasteiger partial charge in [0.15, 0.2) is 11.6 Å². The molecule has 0 amide bonds. The minimum atomic E-state index is -0.859. The summed E-state index contributed by atoms with van der Waals surface area (Å²) in [5.74, 6) is -1.70. The van der Waals surface area contributed by atoms with Crippen molar-refractivity contribution in [1.82, 2.24) is 9.55 Å². The SMILES string of the molecule is CCc1ccc(Cn2cnc3cc(F)c(F)cc32)s1. The smallest absolute Gasteiger partial charge is 0.161 e. The summed E-state index contributed by atoms with van der Waals surface area (Å²) in [6.07, 6.45) is 2.63. The number of fused-ring (bicyclic) bond motifs is 1. The van der Waals surface area contributed by atoms with Gasteiger partial charge in [-0.25, -0.2) is 13.8 Å². The van der Waals surface area contributed by atoms with Crippen LogP contribution in [-0.4, -0.2) is 9.55 Å². The maximum absolute atomic E-state index is 13.3. The van der Waals surface area contributed by atoms with E-state index in [4.69, 9.17) is 0 Å². The van der Waals surface area contributed by atoms with Crippen LogP contribution in [0.3, 0.4) is 0 Å². The Balaban J connectivity index is 1.98. The molecule has 2 nitrogen and oxygen atoms in total. The molecule has 5 heteroatoms. The minimum Gasteiger partial charge on any atom is -0.325 e. The molecular formula is C14H12F2N2S. The molecule has 0 unspecified atom stereocenters. The van der Waals surface area contributed by atoms with Crippen molar-refractivity contribution in [3.63, 3.8) is 0 Å². The molecular weight excluding hydrogens is 266 g/mol. The van der Waals surface area contributed by atoms with Crippen LogP contribution in [0.25, 0.3) is 11.0 Å². The van der Waals surface area contributed by atoms with Crippen LogP contribution < -0.4 is 0 Å². The number of nitrogens with zero attached hydrogens (tertiary/aromatic N) is 2. The van der Waals surface area contributed by atoms with Gasteiger partial charge in [0.25, 0.3) is 0 Å². The highest BCUT2D eigenvalue weighted by atomic mass is 32.1. The highest BCUT2D eigenvalue weighted by molar-refractivity contribution is 7.11. The Morgan fingerprint density at radius 2 is 1.89 bits per heavy atom. The van der Waals surface area contributed by atoms with Crippen molar-refractivity contribution in [2.24, 2.45) is 0 Å². The monoisotopic (exact) mass is 278 g/mol. The molecule has 2 aromatic heterocycles. The Labute approximate surface area is 113 Å². The van der Waals surface area contributed by atoms with Crippen molar-refractivity contribution in [2.75, 3.05) is 0 Å². The summed E-state index contributed by atoms with van der Waals surface area (Å²) in [7, 11) is 0. The van der Waals surface area contributed by atoms with E-state index in [1.54, 1.807) is 17.7 Å². The number of rotatable bonds is 3. The quantitative estimate of drug-likeness (QED) is 0.708. The fraction of sp³-hybridized carbons (Fsp3) is 0.214. The summed E-state index contributed by atoms with van der Waals surface area (Å²) in [5, 5.41) is 0. The Morgan fingerprint density at radius 1 is 1.16 bits per heavy atom. The molecule has 0 aliphatic heterocycles. The highest BCUT2D eigenvalue weighted by Gasteiger charge is 2.10. The molecule has 0 atom stereocenters. The zero-order valence-corrected chi connectivity index (χ0v) is 11.2. The summed E-state index contributed by atoms with van der Waals surface area (Å²) in [6, 6.07) is 6.49. The molecule has 0 aliphatic carbocycles. The van der Waals surface area contributed by atoms with Crippen molar-refractivity contribution in [2.45, 2.75) is 19.9 Å². The van der Waals surface area contributed by atoms with Gasteiger partial charge in [0.1, 0.15) is 0 Å². The number of thiophene rings is 1. The number of imidazole rings is 1. The molecule has 3 aromatic rings. The Morgan fingerprint density at radius 3 is 2.63 bits per heavy atom. The number of aromatic nitrogens is 2. The van der Waals surface area contributed by atoms with Crippen LogP contribution in [0.5, 0.6) is 0 Å². The lowest BCUT2D eigenvalue weighted by Crippen LogP contribution is -1.96. The molecule has 0 saturated carbocycles. The van der Waals surface area contributed by atoms with Crippen LogP contribution in [0.4, 0.5) is 8.78 Å². The van der Waals surface area contributed by atoms with E-state index in [9.17, 15) is 8.78 Å². The van der Waals surface area contributed by atoms with Gasteiger partial charge >= 0.3 is 0 Å². The molecule has 0 fully saturated rings. The number of halogens is 2. The first-order valence-electron chi connectivity index (χ1n) is 6.05. The van der Waals surface area contributed by atoms with Crippen molar-refractivity contribution in [1.29, 1.82) is 0 Å². The van der Waals surface area contributed by atoms with E-state index in [1.165, 1.54) is 15.8 Å². The van der Waals surface area contributed by atoms with Gasteiger partial charge in [0.05, 0.1) is 23.9 Å². The zero-order valence-electron chi connectivity index (χ0n) is 10.4. The van der Waals surface area contributed by atoms with Crippen molar-refractivity contribution < 1.29 is 8.78 Å². The van der Waals surface area contributed by atoms with Gasteiger partial charge < -0.3 is 4.57 Å². The van der Waals surface area contributed by atoms with Crippen LogP contribution in [0, 0.1) is 11.6 Å². The lowest BCUT2D eigenvalue weighted by atomic mass is 10.3. The molecule has 0 N–H and O–H groups in total. The van der Waals surface area contributed by atoms with Crippen LogP contribution in [0.2, 0.25) is 0 Å². The van der Waals surface area contributed by atoms with E-state index in [-0.39, 0.29) is 0 Å². The van der Waals surface area contributed by atoms with Gasteiger partial charge in [-0.05, 0) is 18.6 Å². The van der Waals surface area contributed by atoms with E-state index < -0.39 is 11.6 Å². The molecule has 0 aliphatic rings. The summed E-state index contributed by atoms with van der Waals surface area (Å²) >= 11 is 1.73.